The van der Waals surface area contributed by atoms with E-state index >= 15 is 0 Å². The van der Waals surface area contributed by atoms with Gasteiger partial charge in [-0.2, -0.15) is 0 Å². The second-order valence-corrected chi connectivity index (χ2v) is 5.16. The van der Waals surface area contributed by atoms with Gasteiger partial charge < -0.3 is 15.9 Å². The number of hydrogen-bond donors (Lipinski definition) is 3. The smallest absolute Gasteiger partial charge is 0.0753 e. The molecule has 0 aliphatic heterocycles. The summed E-state index contributed by atoms with van der Waals surface area (Å²) in [5.74, 6) is 0.289. The molecule has 76 valence electrons. The second-order valence-electron chi connectivity index (χ2n) is 5.16. The first-order chi connectivity index (χ1) is 5.97. The van der Waals surface area contributed by atoms with Gasteiger partial charge in [0.2, 0.25) is 0 Å². The summed E-state index contributed by atoms with van der Waals surface area (Å²) in [6.45, 7) is 4.25. The monoisotopic (exact) mass is 185 g/mol. The van der Waals surface area contributed by atoms with E-state index in [0.717, 1.165) is 12.8 Å². The van der Waals surface area contributed by atoms with Crippen LogP contribution < -0.4 is 5.73 Å². The number of aliphatic hydroxyl groups excluding tert-OH is 2. The van der Waals surface area contributed by atoms with Crippen molar-refractivity contribution in [3.8, 4) is 0 Å². The molecule has 4 N–H and O–H groups in total. The van der Waals surface area contributed by atoms with E-state index in [1.165, 1.54) is 0 Å². The zero-order valence-corrected chi connectivity index (χ0v) is 8.33. The van der Waals surface area contributed by atoms with Crippen LogP contribution in [0.1, 0.15) is 26.7 Å². The Morgan fingerprint density at radius 3 is 2.38 bits per heavy atom. The third-order valence-corrected chi connectivity index (χ3v) is 4.91. The molecule has 5 unspecified atom stereocenters. The van der Waals surface area contributed by atoms with Crippen molar-refractivity contribution < 1.29 is 10.2 Å². The molecule has 2 bridgehead atoms. The Bertz CT molecular complexity index is 231. The number of nitrogens with two attached hydrogens (primary N) is 1. The van der Waals surface area contributed by atoms with Gasteiger partial charge in [-0.05, 0) is 18.8 Å². The average molecular weight is 185 g/mol. The average Bonchev–Trinajstić information content (AvgIpc) is 2.44. The van der Waals surface area contributed by atoms with Crippen LogP contribution in [0.25, 0.3) is 0 Å². The van der Waals surface area contributed by atoms with Crippen LogP contribution in [0.4, 0.5) is 0 Å². The molecular formula is C10H19NO2. The van der Waals surface area contributed by atoms with Crippen LogP contribution in [0.5, 0.6) is 0 Å². The summed E-state index contributed by atoms with van der Waals surface area (Å²) in [7, 11) is 0. The highest BCUT2D eigenvalue weighted by atomic mass is 16.3. The van der Waals surface area contributed by atoms with Gasteiger partial charge in [0.15, 0.2) is 0 Å². The highest BCUT2D eigenvalue weighted by molar-refractivity contribution is 5.17. The van der Waals surface area contributed by atoms with Gasteiger partial charge in [0.1, 0.15) is 0 Å². The molecule has 0 heterocycles. The predicted octanol–water partition coefficient (Wildman–Crippen LogP) is 0.103. The fraction of sp³-hybridized carbons (Fsp3) is 1.00. The quantitative estimate of drug-likeness (QED) is 0.543. The van der Waals surface area contributed by atoms with Gasteiger partial charge in [0.25, 0.3) is 0 Å². The Hall–Kier alpha value is -0.120. The van der Waals surface area contributed by atoms with Crippen LogP contribution >= 0.6 is 0 Å². The summed E-state index contributed by atoms with van der Waals surface area (Å²) >= 11 is 0. The maximum absolute atomic E-state index is 9.98. The summed E-state index contributed by atoms with van der Waals surface area (Å²) < 4.78 is 0. The Labute approximate surface area is 78.9 Å². The lowest BCUT2D eigenvalue weighted by Gasteiger charge is -2.38. The number of fused-ring (bicyclic) bond motifs is 2. The molecule has 0 aromatic carbocycles. The molecule has 2 fully saturated rings. The Kier molecular flexibility index (Phi) is 1.79. The summed E-state index contributed by atoms with van der Waals surface area (Å²) in [4.78, 5) is 0. The van der Waals surface area contributed by atoms with Crippen molar-refractivity contribution in [2.75, 3.05) is 6.61 Å². The molecule has 3 heteroatoms. The largest absolute Gasteiger partial charge is 0.396 e. The first kappa shape index (κ1) is 9.44. The van der Waals surface area contributed by atoms with Crippen LogP contribution in [0.2, 0.25) is 0 Å². The molecule has 0 aromatic rings. The zero-order chi connectivity index (χ0) is 9.85. The van der Waals surface area contributed by atoms with Gasteiger partial charge in [-0.25, -0.2) is 0 Å². The molecular weight excluding hydrogens is 166 g/mol. The summed E-state index contributed by atoms with van der Waals surface area (Å²) in [5, 5.41) is 19.4. The lowest BCUT2D eigenvalue weighted by molar-refractivity contribution is -0.0239. The molecule has 2 saturated carbocycles. The topological polar surface area (TPSA) is 66.5 Å². The van der Waals surface area contributed by atoms with Crippen molar-refractivity contribution in [1.82, 2.24) is 0 Å². The van der Waals surface area contributed by atoms with E-state index in [1.54, 1.807) is 0 Å². The van der Waals surface area contributed by atoms with Crippen molar-refractivity contribution in [2.24, 2.45) is 22.5 Å². The molecule has 2 aliphatic carbocycles. The molecule has 0 radical (unpaired) electrons. The fourth-order valence-corrected chi connectivity index (χ4v) is 3.53. The van der Waals surface area contributed by atoms with Crippen LogP contribution in [0.3, 0.4) is 0 Å². The van der Waals surface area contributed by atoms with Gasteiger partial charge in [-0.1, -0.05) is 13.8 Å². The van der Waals surface area contributed by atoms with Gasteiger partial charge in [0, 0.05) is 23.5 Å². The van der Waals surface area contributed by atoms with Crippen LogP contribution in [-0.2, 0) is 0 Å². The SMILES string of the molecule is CC12CCC(C(N)C1O)C2(C)CO. The minimum Gasteiger partial charge on any atom is -0.396 e. The molecule has 2 rings (SSSR count). The highest BCUT2D eigenvalue weighted by Gasteiger charge is 2.66. The van der Waals surface area contributed by atoms with Crippen molar-refractivity contribution in [1.29, 1.82) is 0 Å². The Morgan fingerprint density at radius 1 is 1.46 bits per heavy atom. The first-order valence-corrected chi connectivity index (χ1v) is 5.02. The lowest BCUT2D eigenvalue weighted by Crippen LogP contribution is -2.44. The van der Waals surface area contributed by atoms with Crippen molar-refractivity contribution in [3.63, 3.8) is 0 Å². The van der Waals surface area contributed by atoms with Gasteiger partial charge in [0.05, 0.1) is 6.10 Å². The molecule has 0 aromatic heterocycles. The molecule has 13 heavy (non-hydrogen) atoms. The van der Waals surface area contributed by atoms with E-state index in [-0.39, 0.29) is 29.4 Å². The van der Waals surface area contributed by atoms with Gasteiger partial charge in [-0.3, -0.25) is 0 Å². The predicted molar refractivity (Wildman–Crippen MR) is 50.0 cm³/mol. The molecule has 0 spiro atoms. The van der Waals surface area contributed by atoms with Crippen LogP contribution in [0.15, 0.2) is 0 Å². The lowest BCUT2D eigenvalue weighted by atomic mass is 9.69. The third kappa shape index (κ3) is 0.808. The maximum atomic E-state index is 9.98. The fourth-order valence-electron chi connectivity index (χ4n) is 3.53. The van der Waals surface area contributed by atoms with E-state index in [2.05, 4.69) is 13.8 Å². The molecule has 3 nitrogen and oxygen atoms in total. The van der Waals surface area contributed by atoms with Crippen molar-refractivity contribution in [3.05, 3.63) is 0 Å². The van der Waals surface area contributed by atoms with E-state index < -0.39 is 6.10 Å². The first-order valence-electron chi connectivity index (χ1n) is 5.02. The molecule has 0 saturated heterocycles. The molecule has 2 aliphatic rings. The Balaban J connectivity index is 2.43. The third-order valence-electron chi connectivity index (χ3n) is 4.91. The molecule has 0 amide bonds. The van der Waals surface area contributed by atoms with E-state index in [0.29, 0.717) is 0 Å². The number of rotatable bonds is 1. The number of aliphatic hydroxyl groups is 2. The van der Waals surface area contributed by atoms with E-state index in [9.17, 15) is 10.2 Å². The summed E-state index contributed by atoms with van der Waals surface area (Å²) in [6, 6.07) is -0.143. The van der Waals surface area contributed by atoms with Crippen LogP contribution in [0, 0.1) is 16.7 Å². The van der Waals surface area contributed by atoms with E-state index in [4.69, 9.17) is 5.73 Å². The maximum Gasteiger partial charge on any atom is 0.0753 e. The van der Waals surface area contributed by atoms with Gasteiger partial charge in [-0.15, -0.1) is 0 Å². The van der Waals surface area contributed by atoms with Gasteiger partial charge >= 0.3 is 0 Å². The zero-order valence-electron chi connectivity index (χ0n) is 8.33. The number of hydrogen-bond acceptors (Lipinski definition) is 3. The second kappa shape index (κ2) is 2.47. The molecule has 5 atom stereocenters. The minimum absolute atomic E-state index is 0.138. The summed E-state index contributed by atoms with van der Waals surface area (Å²) in [6.07, 6.45) is 1.60. The Morgan fingerprint density at radius 2 is 2.08 bits per heavy atom. The van der Waals surface area contributed by atoms with Crippen molar-refractivity contribution >= 4 is 0 Å². The standard InChI is InChI=1S/C10H19NO2/c1-9-4-3-6(7(11)8(9)13)10(9,2)5-12/h6-8,12-13H,3-5,11H2,1-2H3. The van der Waals surface area contributed by atoms with E-state index in [1.807, 2.05) is 0 Å². The van der Waals surface area contributed by atoms with Crippen LogP contribution in [-0.4, -0.2) is 29.0 Å². The summed E-state index contributed by atoms with van der Waals surface area (Å²) in [5.41, 5.74) is 5.59. The van der Waals surface area contributed by atoms with Crippen molar-refractivity contribution in [2.45, 2.75) is 38.8 Å². The minimum atomic E-state index is -0.441. The normalized spacial score (nSPS) is 60.2. The highest BCUT2D eigenvalue weighted by Crippen LogP contribution is 2.64.